The predicted molar refractivity (Wildman–Crippen MR) is 122 cm³/mol. The second-order valence-electron chi connectivity index (χ2n) is 6.85. The van der Waals surface area contributed by atoms with Gasteiger partial charge in [0, 0.05) is 25.7 Å². The van der Waals surface area contributed by atoms with Crippen LogP contribution in [0.15, 0.2) is 50.4 Å². The summed E-state index contributed by atoms with van der Waals surface area (Å²) in [4.78, 5) is 55.1. The standard InChI is InChI=1S/C20H20ClN5O4S/c1-5-8-26-17(28)12-7-6-11(21)9-13(12)23-19(26)31-10(2)15(27)14-16(22)24(3)20(30)25(4)18(14)29/h5-7,9-10H,1,8,22H2,2-4H3. The van der Waals surface area contributed by atoms with Crippen molar-refractivity contribution in [3.8, 4) is 0 Å². The van der Waals surface area contributed by atoms with E-state index in [1.54, 1.807) is 31.2 Å². The van der Waals surface area contributed by atoms with Crippen molar-refractivity contribution in [3.05, 3.63) is 72.6 Å². The van der Waals surface area contributed by atoms with Crippen LogP contribution in [0.2, 0.25) is 5.02 Å². The van der Waals surface area contributed by atoms with Gasteiger partial charge in [0.05, 0.1) is 16.2 Å². The Labute approximate surface area is 185 Å². The lowest BCUT2D eigenvalue weighted by atomic mass is 10.1. The van der Waals surface area contributed by atoms with E-state index in [-0.39, 0.29) is 28.6 Å². The van der Waals surface area contributed by atoms with Crippen molar-refractivity contribution >= 4 is 45.9 Å². The summed E-state index contributed by atoms with van der Waals surface area (Å²) in [6.45, 7) is 5.42. The van der Waals surface area contributed by atoms with Gasteiger partial charge in [-0.05, 0) is 25.1 Å². The van der Waals surface area contributed by atoms with Crippen molar-refractivity contribution in [3.63, 3.8) is 0 Å². The molecule has 1 unspecified atom stereocenters. The Hall–Kier alpha value is -3.11. The van der Waals surface area contributed by atoms with Crippen molar-refractivity contribution in [1.82, 2.24) is 18.7 Å². The van der Waals surface area contributed by atoms with Crippen LogP contribution < -0.4 is 22.5 Å². The molecule has 1 aromatic carbocycles. The van der Waals surface area contributed by atoms with E-state index in [0.29, 0.717) is 15.9 Å². The van der Waals surface area contributed by atoms with Gasteiger partial charge in [-0.3, -0.25) is 28.1 Å². The number of nitrogens with zero attached hydrogens (tertiary/aromatic N) is 4. The maximum Gasteiger partial charge on any atom is 0.332 e. The molecule has 2 N–H and O–H groups in total. The number of ketones is 1. The van der Waals surface area contributed by atoms with Crippen LogP contribution in [0.5, 0.6) is 0 Å². The summed E-state index contributed by atoms with van der Waals surface area (Å²) in [5.41, 5.74) is 4.28. The highest BCUT2D eigenvalue weighted by molar-refractivity contribution is 8.00. The van der Waals surface area contributed by atoms with Crippen molar-refractivity contribution in [1.29, 1.82) is 0 Å². The van der Waals surface area contributed by atoms with Gasteiger partial charge in [-0.2, -0.15) is 0 Å². The van der Waals surface area contributed by atoms with Gasteiger partial charge in [-0.15, -0.1) is 6.58 Å². The summed E-state index contributed by atoms with van der Waals surface area (Å²) >= 11 is 7.03. The molecule has 0 aliphatic carbocycles. The SMILES string of the molecule is C=CCn1c(SC(C)C(=O)c2c(N)n(C)c(=O)n(C)c2=O)nc2cc(Cl)ccc2c1=O. The number of carbonyl (C=O) groups is 1. The summed E-state index contributed by atoms with van der Waals surface area (Å²) in [6, 6.07) is 4.75. The molecule has 0 spiro atoms. The van der Waals surface area contributed by atoms with Crippen LogP contribution >= 0.6 is 23.4 Å². The number of allylic oxidation sites excluding steroid dienone is 1. The molecule has 0 saturated heterocycles. The summed E-state index contributed by atoms with van der Waals surface area (Å²) in [7, 11) is 2.65. The number of hydrogen-bond donors (Lipinski definition) is 1. The molecular formula is C20H20ClN5O4S. The van der Waals surface area contributed by atoms with Gasteiger partial charge in [0.1, 0.15) is 11.4 Å². The largest absolute Gasteiger partial charge is 0.384 e. The molecule has 2 aromatic heterocycles. The fraction of sp³-hybridized carbons (Fsp3) is 0.250. The van der Waals surface area contributed by atoms with Crippen molar-refractivity contribution < 1.29 is 4.79 Å². The van der Waals surface area contributed by atoms with E-state index in [9.17, 15) is 19.2 Å². The van der Waals surface area contributed by atoms with E-state index in [2.05, 4.69) is 11.6 Å². The Morgan fingerprint density at radius 3 is 2.58 bits per heavy atom. The molecule has 162 valence electrons. The molecule has 3 aromatic rings. The number of nitrogens with two attached hydrogens (primary N) is 1. The van der Waals surface area contributed by atoms with Crippen LogP contribution in [0, 0.1) is 0 Å². The zero-order valence-corrected chi connectivity index (χ0v) is 18.7. The maximum atomic E-state index is 13.1. The monoisotopic (exact) mass is 461 g/mol. The van der Waals surface area contributed by atoms with Crippen molar-refractivity contribution in [2.75, 3.05) is 5.73 Å². The molecule has 2 heterocycles. The van der Waals surface area contributed by atoms with Gasteiger partial charge in [0.15, 0.2) is 10.9 Å². The summed E-state index contributed by atoms with van der Waals surface area (Å²) in [6.07, 6.45) is 1.54. The van der Waals surface area contributed by atoms with E-state index >= 15 is 0 Å². The van der Waals surface area contributed by atoms with Gasteiger partial charge < -0.3 is 5.73 Å². The number of thioether (sulfide) groups is 1. The van der Waals surface area contributed by atoms with Crippen LogP contribution in [0.1, 0.15) is 17.3 Å². The molecule has 0 fully saturated rings. The molecule has 0 bridgehead atoms. The van der Waals surface area contributed by atoms with Crippen LogP contribution in [0.25, 0.3) is 10.9 Å². The number of benzene rings is 1. The van der Waals surface area contributed by atoms with Crippen molar-refractivity contribution in [2.24, 2.45) is 14.1 Å². The summed E-state index contributed by atoms with van der Waals surface area (Å²) in [5, 5.41) is 0.237. The molecule has 9 nitrogen and oxygen atoms in total. The summed E-state index contributed by atoms with van der Waals surface area (Å²) < 4.78 is 3.25. The van der Waals surface area contributed by atoms with Crippen LogP contribution in [-0.2, 0) is 20.6 Å². The zero-order valence-electron chi connectivity index (χ0n) is 17.1. The number of fused-ring (bicyclic) bond motifs is 1. The second kappa shape index (κ2) is 8.56. The first-order chi connectivity index (χ1) is 14.6. The molecule has 0 radical (unpaired) electrons. The Bertz CT molecular complexity index is 1410. The Morgan fingerprint density at radius 2 is 1.94 bits per heavy atom. The van der Waals surface area contributed by atoms with Gasteiger partial charge >= 0.3 is 5.69 Å². The number of halogens is 1. The molecule has 31 heavy (non-hydrogen) atoms. The Balaban J connectivity index is 2.11. The fourth-order valence-corrected chi connectivity index (χ4v) is 4.20. The average Bonchev–Trinajstić information content (AvgIpc) is 2.73. The van der Waals surface area contributed by atoms with Crippen LogP contribution in [0.4, 0.5) is 5.82 Å². The topological polar surface area (TPSA) is 122 Å². The molecule has 1 atom stereocenters. The van der Waals surface area contributed by atoms with Gasteiger partial charge in [-0.25, -0.2) is 9.78 Å². The number of carbonyl (C=O) groups excluding carboxylic acids is 1. The van der Waals surface area contributed by atoms with Gasteiger partial charge in [-0.1, -0.05) is 29.4 Å². The minimum atomic E-state index is -0.827. The minimum absolute atomic E-state index is 0.178. The number of rotatable bonds is 6. The molecule has 0 saturated carbocycles. The highest BCUT2D eigenvalue weighted by atomic mass is 35.5. The number of aromatic nitrogens is 4. The summed E-state index contributed by atoms with van der Waals surface area (Å²) in [5.74, 6) is -0.795. The fourth-order valence-electron chi connectivity index (χ4n) is 3.06. The molecule has 0 amide bonds. The number of anilines is 1. The molecule has 0 aliphatic rings. The maximum absolute atomic E-state index is 13.1. The van der Waals surface area contributed by atoms with E-state index in [1.165, 1.54) is 18.7 Å². The molecular weight excluding hydrogens is 442 g/mol. The number of hydrogen-bond acceptors (Lipinski definition) is 7. The highest BCUT2D eigenvalue weighted by Gasteiger charge is 2.27. The second-order valence-corrected chi connectivity index (χ2v) is 8.60. The zero-order chi connectivity index (χ0) is 23.0. The smallest absolute Gasteiger partial charge is 0.332 e. The van der Waals surface area contributed by atoms with Gasteiger partial charge in [0.2, 0.25) is 0 Å². The van der Waals surface area contributed by atoms with E-state index in [1.807, 2.05) is 0 Å². The van der Waals surface area contributed by atoms with Crippen molar-refractivity contribution in [2.45, 2.75) is 23.9 Å². The Kier molecular flexibility index (Phi) is 6.23. The first kappa shape index (κ1) is 22.6. The first-order valence-electron chi connectivity index (χ1n) is 9.15. The lowest BCUT2D eigenvalue weighted by Crippen LogP contribution is -2.42. The van der Waals surface area contributed by atoms with E-state index < -0.39 is 22.3 Å². The normalized spacial score (nSPS) is 12.1. The minimum Gasteiger partial charge on any atom is -0.384 e. The highest BCUT2D eigenvalue weighted by Crippen LogP contribution is 2.26. The lowest BCUT2D eigenvalue weighted by Gasteiger charge is -2.16. The molecule has 0 aliphatic heterocycles. The molecule has 3 rings (SSSR count). The third kappa shape index (κ3) is 3.96. The van der Waals surface area contributed by atoms with Crippen LogP contribution in [0.3, 0.4) is 0 Å². The third-order valence-corrected chi connectivity index (χ3v) is 6.13. The van der Waals surface area contributed by atoms with E-state index in [0.717, 1.165) is 20.9 Å². The van der Waals surface area contributed by atoms with Gasteiger partial charge in [0.25, 0.3) is 11.1 Å². The lowest BCUT2D eigenvalue weighted by molar-refractivity contribution is 0.0992. The number of Topliss-reactive ketones (excluding diaryl/α,β-unsaturated/α-hetero) is 1. The number of nitrogen functional groups attached to an aromatic ring is 1. The van der Waals surface area contributed by atoms with E-state index in [4.69, 9.17) is 17.3 Å². The quantitative estimate of drug-likeness (QED) is 0.256. The predicted octanol–water partition coefficient (Wildman–Crippen LogP) is 1.58. The third-order valence-electron chi connectivity index (χ3n) is 4.80. The first-order valence-corrected chi connectivity index (χ1v) is 10.4. The average molecular weight is 462 g/mol. The Morgan fingerprint density at radius 1 is 1.26 bits per heavy atom. The van der Waals surface area contributed by atoms with Crippen LogP contribution in [-0.4, -0.2) is 29.7 Å². The molecule has 11 heteroatoms.